The van der Waals surface area contributed by atoms with Gasteiger partial charge in [-0.1, -0.05) is 22.0 Å². The van der Waals surface area contributed by atoms with Crippen molar-refractivity contribution in [3.05, 3.63) is 28.2 Å². The first kappa shape index (κ1) is 18.8. The first-order chi connectivity index (χ1) is 10.1. The molecule has 0 unspecified atom stereocenters. The highest BCUT2D eigenvalue weighted by molar-refractivity contribution is 9.10. The molecule has 0 aliphatic carbocycles. The Bertz CT molecular complexity index is 632. The van der Waals surface area contributed by atoms with Gasteiger partial charge in [0.15, 0.2) is 0 Å². The number of carbonyl (C=O) groups excluding carboxylic acids is 1. The molecule has 1 rings (SSSR count). The Morgan fingerprint density at radius 1 is 1.36 bits per heavy atom. The first-order valence-electron chi connectivity index (χ1n) is 6.89. The standard InChI is InChI=1S/C14H22BrN3O3S/c1-10(2)17-14(19)16-7-8-18(22(4,20)21)12-6-5-11(3)13(15)9-12/h5-6,9-10H,7-8H2,1-4H3,(H2,16,17,19). The predicted octanol–water partition coefficient (Wildman–Crippen LogP) is 2.23. The van der Waals surface area contributed by atoms with Gasteiger partial charge in [0, 0.05) is 17.1 Å². The van der Waals surface area contributed by atoms with Crippen molar-refractivity contribution < 1.29 is 13.2 Å². The molecule has 0 spiro atoms. The minimum atomic E-state index is -3.43. The largest absolute Gasteiger partial charge is 0.336 e. The molecule has 0 saturated heterocycles. The summed E-state index contributed by atoms with van der Waals surface area (Å²) in [6.45, 7) is 6.02. The maximum absolute atomic E-state index is 12.0. The normalized spacial score (nSPS) is 11.4. The van der Waals surface area contributed by atoms with E-state index >= 15 is 0 Å². The molecule has 8 heteroatoms. The lowest BCUT2D eigenvalue weighted by molar-refractivity contribution is 0.239. The van der Waals surface area contributed by atoms with Gasteiger partial charge in [0.2, 0.25) is 10.0 Å². The number of aryl methyl sites for hydroxylation is 1. The zero-order valence-electron chi connectivity index (χ0n) is 13.2. The van der Waals surface area contributed by atoms with Crippen LogP contribution in [-0.4, -0.2) is 39.8 Å². The highest BCUT2D eigenvalue weighted by Crippen LogP contribution is 2.24. The van der Waals surface area contributed by atoms with Crippen LogP contribution in [0.1, 0.15) is 19.4 Å². The molecule has 2 amide bonds. The third-order valence-electron chi connectivity index (χ3n) is 2.86. The lowest BCUT2D eigenvalue weighted by Crippen LogP contribution is -2.43. The van der Waals surface area contributed by atoms with Crippen LogP contribution in [0.15, 0.2) is 22.7 Å². The Hall–Kier alpha value is -1.28. The maximum Gasteiger partial charge on any atom is 0.315 e. The molecular weight excluding hydrogens is 370 g/mol. The smallest absolute Gasteiger partial charge is 0.315 e. The summed E-state index contributed by atoms with van der Waals surface area (Å²) in [5, 5.41) is 5.33. The fourth-order valence-corrected chi connectivity index (χ4v) is 3.09. The molecule has 2 N–H and O–H groups in total. The van der Waals surface area contributed by atoms with E-state index in [1.807, 2.05) is 26.8 Å². The van der Waals surface area contributed by atoms with Gasteiger partial charge in [-0.25, -0.2) is 13.2 Å². The second-order valence-electron chi connectivity index (χ2n) is 5.32. The fraction of sp³-hybridized carbons (Fsp3) is 0.500. The van der Waals surface area contributed by atoms with E-state index in [1.54, 1.807) is 12.1 Å². The Labute approximate surface area is 140 Å². The number of nitrogens with one attached hydrogen (secondary N) is 2. The van der Waals surface area contributed by atoms with Gasteiger partial charge >= 0.3 is 6.03 Å². The Kier molecular flexibility index (Phi) is 6.67. The minimum absolute atomic E-state index is 0.0269. The molecule has 0 radical (unpaired) electrons. The summed E-state index contributed by atoms with van der Waals surface area (Å²) < 4.78 is 26.0. The summed E-state index contributed by atoms with van der Waals surface area (Å²) in [4.78, 5) is 11.5. The highest BCUT2D eigenvalue weighted by Gasteiger charge is 2.18. The number of rotatable bonds is 6. The number of benzene rings is 1. The summed E-state index contributed by atoms with van der Waals surface area (Å²) >= 11 is 3.40. The molecule has 124 valence electrons. The van der Waals surface area contributed by atoms with Gasteiger partial charge in [0.1, 0.15) is 0 Å². The molecule has 0 aliphatic rings. The third-order valence-corrected chi connectivity index (χ3v) is 4.91. The van der Waals surface area contributed by atoms with Crippen LogP contribution < -0.4 is 14.9 Å². The van der Waals surface area contributed by atoms with E-state index in [-0.39, 0.29) is 25.2 Å². The lowest BCUT2D eigenvalue weighted by Gasteiger charge is -2.23. The number of urea groups is 1. The average Bonchev–Trinajstić information content (AvgIpc) is 2.36. The number of carbonyl (C=O) groups is 1. The van der Waals surface area contributed by atoms with Gasteiger partial charge in [-0.05, 0) is 38.5 Å². The van der Waals surface area contributed by atoms with Crippen LogP contribution in [0.2, 0.25) is 0 Å². The topological polar surface area (TPSA) is 78.5 Å². The third kappa shape index (κ3) is 5.84. The van der Waals surface area contributed by atoms with Crippen molar-refractivity contribution in [2.75, 3.05) is 23.7 Å². The zero-order chi connectivity index (χ0) is 16.9. The van der Waals surface area contributed by atoms with E-state index in [0.29, 0.717) is 5.69 Å². The molecular formula is C14H22BrN3O3S. The monoisotopic (exact) mass is 391 g/mol. The number of hydrogen-bond donors (Lipinski definition) is 2. The number of sulfonamides is 1. The quantitative estimate of drug-likeness (QED) is 0.780. The van der Waals surface area contributed by atoms with Gasteiger partial charge in [0.05, 0.1) is 18.5 Å². The number of nitrogens with zero attached hydrogens (tertiary/aromatic N) is 1. The van der Waals surface area contributed by atoms with Crippen LogP contribution >= 0.6 is 15.9 Å². The first-order valence-corrected chi connectivity index (χ1v) is 9.53. The number of halogens is 1. The molecule has 0 atom stereocenters. The van der Waals surface area contributed by atoms with Crippen molar-refractivity contribution in [3.63, 3.8) is 0 Å². The second kappa shape index (κ2) is 7.82. The second-order valence-corrected chi connectivity index (χ2v) is 8.08. The summed E-state index contributed by atoms with van der Waals surface area (Å²) in [5.74, 6) is 0. The molecule has 22 heavy (non-hydrogen) atoms. The summed E-state index contributed by atoms with van der Waals surface area (Å²) in [5.41, 5.74) is 1.58. The molecule has 6 nitrogen and oxygen atoms in total. The van der Waals surface area contributed by atoms with Crippen molar-refractivity contribution in [1.82, 2.24) is 10.6 Å². The van der Waals surface area contributed by atoms with Crippen molar-refractivity contribution in [3.8, 4) is 0 Å². The van der Waals surface area contributed by atoms with Gasteiger partial charge in [0.25, 0.3) is 0 Å². The Morgan fingerprint density at radius 2 is 2.00 bits per heavy atom. The summed E-state index contributed by atoms with van der Waals surface area (Å²) in [6, 6.07) is 5.06. The van der Waals surface area contributed by atoms with E-state index < -0.39 is 10.0 Å². The highest BCUT2D eigenvalue weighted by atomic mass is 79.9. The van der Waals surface area contributed by atoms with Gasteiger partial charge < -0.3 is 10.6 Å². The number of hydrogen-bond acceptors (Lipinski definition) is 3. The van der Waals surface area contributed by atoms with E-state index in [1.165, 1.54) is 4.31 Å². The summed E-state index contributed by atoms with van der Waals surface area (Å²) in [7, 11) is -3.43. The molecule has 1 aromatic carbocycles. The summed E-state index contributed by atoms with van der Waals surface area (Å²) in [6.07, 6.45) is 1.15. The van der Waals surface area contributed by atoms with Gasteiger partial charge in [-0.15, -0.1) is 0 Å². The number of anilines is 1. The SMILES string of the molecule is Cc1ccc(N(CCNC(=O)NC(C)C)S(C)(=O)=O)cc1Br. The number of amides is 2. The predicted molar refractivity (Wildman–Crippen MR) is 92.7 cm³/mol. The van der Waals surface area contributed by atoms with Crippen LogP contribution in [0.25, 0.3) is 0 Å². The molecule has 1 aromatic rings. The van der Waals surface area contributed by atoms with Crippen molar-refractivity contribution >= 4 is 37.7 Å². The molecule has 0 fully saturated rings. The van der Waals surface area contributed by atoms with E-state index in [2.05, 4.69) is 26.6 Å². The van der Waals surface area contributed by atoms with Gasteiger partial charge in [-0.2, -0.15) is 0 Å². The van der Waals surface area contributed by atoms with E-state index in [0.717, 1.165) is 16.3 Å². The molecule has 0 saturated carbocycles. The van der Waals surface area contributed by atoms with Crippen LogP contribution in [0.3, 0.4) is 0 Å². The Morgan fingerprint density at radius 3 is 2.50 bits per heavy atom. The molecule has 0 bridgehead atoms. The van der Waals surface area contributed by atoms with E-state index in [4.69, 9.17) is 0 Å². The van der Waals surface area contributed by atoms with Crippen LogP contribution in [0.4, 0.5) is 10.5 Å². The maximum atomic E-state index is 12.0. The lowest BCUT2D eigenvalue weighted by atomic mass is 10.2. The van der Waals surface area contributed by atoms with E-state index in [9.17, 15) is 13.2 Å². The van der Waals surface area contributed by atoms with Crippen LogP contribution in [0, 0.1) is 6.92 Å². The fourth-order valence-electron chi connectivity index (χ4n) is 1.81. The molecule has 0 aromatic heterocycles. The minimum Gasteiger partial charge on any atom is -0.336 e. The van der Waals surface area contributed by atoms with Crippen molar-refractivity contribution in [2.24, 2.45) is 0 Å². The van der Waals surface area contributed by atoms with Crippen molar-refractivity contribution in [2.45, 2.75) is 26.8 Å². The van der Waals surface area contributed by atoms with Crippen LogP contribution in [-0.2, 0) is 10.0 Å². The molecule has 0 heterocycles. The Balaban J connectivity index is 2.79. The van der Waals surface area contributed by atoms with Crippen molar-refractivity contribution in [1.29, 1.82) is 0 Å². The van der Waals surface area contributed by atoms with Gasteiger partial charge in [-0.3, -0.25) is 4.31 Å². The molecule has 0 aliphatic heterocycles. The zero-order valence-corrected chi connectivity index (χ0v) is 15.6. The average molecular weight is 392 g/mol. The van der Waals surface area contributed by atoms with Crippen LogP contribution in [0.5, 0.6) is 0 Å².